The Bertz CT molecular complexity index is 579. The van der Waals surface area contributed by atoms with Gasteiger partial charge < -0.3 is 4.74 Å². The van der Waals surface area contributed by atoms with Crippen LogP contribution in [0.4, 0.5) is 0 Å². The molecule has 106 valence electrons. The molecule has 20 heavy (non-hydrogen) atoms. The van der Waals surface area contributed by atoms with Crippen molar-refractivity contribution in [3.05, 3.63) is 22.9 Å². The van der Waals surface area contributed by atoms with Gasteiger partial charge in [0.15, 0.2) is 0 Å². The van der Waals surface area contributed by atoms with Crippen molar-refractivity contribution in [2.75, 3.05) is 13.7 Å². The van der Waals surface area contributed by atoms with Crippen LogP contribution in [0.3, 0.4) is 0 Å². The SMILES string of the molecule is CCc1cc(OC)nc2c1C(=O)N(CC1CC1)C(=O)C2. The van der Waals surface area contributed by atoms with Gasteiger partial charge in [-0.3, -0.25) is 14.5 Å². The van der Waals surface area contributed by atoms with E-state index in [1.165, 1.54) is 4.90 Å². The van der Waals surface area contributed by atoms with Crippen molar-refractivity contribution in [1.82, 2.24) is 9.88 Å². The maximum absolute atomic E-state index is 12.6. The summed E-state index contributed by atoms with van der Waals surface area (Å²) in [5, 5.41) is 0. The van der Waals surface area contributed by atoms with Crippen LogP contribution in [0.15, 0.2) is 6.07 Å². The highest BCUT2D eigenvalue weighted by molar-refractivity contribution is 6.10. The lowest BCUT2D eigenvalue weighted by atomic mass is 9.97. The lowest BCUT2D eigenvalue weighted by molar-refractivity contribution is -0.128. The molecule has 0 bridgehead atoms. The molecule has 2 aliphatic rings. The van der Waals surface area contributed by atoms with Crippen LogP contribution < -0.4 is 4.74 Å². The summed E-state index contributed by atoms with van der Waals surface area (Å²) in [7, 11) is 1.54. The van der Waals surface area contributed by atoms with Crippen LogP contribution in [0, 0.1) is 5.92 Å². The molecule has 0 atom stereocenters. The van der Waals surface area contributed by atoms with E-state index in [9.17, 15) is 9.59 Å². The fourth-order valence-corrected chi connectivity index (χ4v) is 2.63. The van der Waals surface area contributed by atoms with Crippen molar-refractivity contribution in [3.63, 3.8) is 0 Å². The number of hydrogen-bond acceptors (Lipinski definition) is 4. The van der Waals surface area contributed by atoms with Crippen molar-refractivity contribution in [2.24, 2.45) is 5.92 Å². The quantitative estimate of drug-likeness (QED) is 0.782. The van der Waals surface area contributed by atoms with E-state index in [1.807, 2.05) is 6.92 Å². The maximum atomic E-state index is 12.6. The van der Waals surface area contributed by atoms with E-state index >= 15 is 0 Å². The lowest BCUT2D eigenvalue weighted by Crippen LogP contribution is -2.44. The van der Waals surface area contributed by atoms with Crippen LogP contribution in [0.25, 0.3) is 0 Å². The topological polar surface area (TPSA) is 59.5 Å². The van der Waals surface area contributed by atoms with Crippen LogP contribution in [0.5, 0.6) is 5.88 Å². The first-order valence-corrected chi connectivity index (χ1v) is 7.05. The first kappa shape index (κ1) is 13.1. The second kappa shape index (κ2) is 4.89. The number of rotatable bonds is 4. The normalized spacial score (nSPS) is 18.2. The number of amides is 2. The number of hydrogen-bond donors (Lipinski definition) is 0. The van der Waals surface area contributed by atoms with E-state index < -0.39 is 0 Å². The van der Waals surface area contributed by atoms with Gasteiger partial charge in [0.05, 0.1) is 24.8 Å². The number of carbonyl (C=O) groups is 2. The van der Waals surface area contributed by atoms with Gasteiger partial charge >= 0.3 is 0 Å². The summed E-state index contributed by atoms with van der Waals surface area (Å²) in [6, 6.07) is 1.79. The number of aromatic nitrogens is 1. The van der Waals surface area contributed by atoms with Gasteiger partial charge in [0.25, 0.3) is 5.91 Å². The van der Waals surface area contributed by atoms with Crippen LogP contribution in [-0.4, -0.2) is 35.4 Å². The Balaban J connectivity index is 2.01. The van der Waals surface area contributed by atoms with Crippen molar-refractivity contribution in [1.29, 1.82) is 0 Å². The third kappa shape index (κ3) is 2.17. The first-order chi connectivity index (χ1) is 9.63. The number of methoxy groups -OCH3 is 1. The number of aryl methyl sites for hydroxylation is 1. The van der Waals surface area contributed by atoms with Crippen molar-refractivity contribution in [2.45, 2.75) is 32.6 Å². The fourth-order valence-electron chi connectivity index (χ4n) is 2.63. The Kier molecular flexibility index (Phi) is 3.20. The Labute approximate surface area is 117 Å². The second-order valence-corrected chi connectivity index (χ2v) is 5.43. The highest BCUT2D eigenvalue weighted by Gasteiger charge is 2.37. The third-order valence-electron chi connectivity index (χ3n) is 3.96. The number of ether oxygens (including phenoxy) is 1. The predicted molar refractivity (Wildman–Crippen MR) is 72.6 cm³/mol. The first-order valence-electron chi connectivity index (χ1n) is 7.05. The number of imide groups is 1. The minimum Gasteiger partial charge on any atom is -0.481 e. The van der Waals surface area contributed by atoms with Gasteiger partial charge in [-0.1, -0.05) is 6.92 Å². The zero-order valence-electron chi connectivity index (χ0n) is 11.8. The number of fused-ring (bicyclic) bond motifs is 1. The Morgan fingerprint density at radius 2 is 2.15 bits per heavy atom. The number of pyridine rings is 1. The molecule has 1 aliphatic heterocycles. The molecule has 1 aromatic rings. The molecular formula is C15H18N2O3. The summed E-state index contributed by atoms with van der Waals surface area (Å²) in [5.41, 5.74) is 2.07. The van der Waals surface area contributed by atoms with Gasteiger partial charge in [0.1, 0.15) is 0 Å². The van der Waals surface area contributed by atoms with Gasteiger partial charge in [-0.25, -0.2) is 4.98 Å². The molecule has 1 aromatic heterocycles. The summed E-state index contributed by atoms with van der Waals surface area (Å²) in [4.78, 5) is 30.4. The van der Waals surface area contributed by atoms with E-state index in [0.717, 1.165) is 24.8 Å². The monoisotopic (exact) mass is 274 g/mol. The molecular weight excluding hydrogens is 256 g/mol. The van der Waals surface area contributed by atoms with E-state index in [4.69, 9.17) is 4.74 Å². The van der Waals surface area contributed by atoms with Gasteiger partial charge in [-0.05, 0) is 30.7 Å². The fraction of sp³-hybridized carbons (Fsp3) is 0.533. The van der Waals surface area contributed by atoms with Crippen molar-refractivity contribution in [3.8, 4) is 5.88 Å². The molecule has 5 heteroatoms. The Hall–Kier alpha value is -1.91. The largest absolute Gasteiger partial charge is 0.481 e. The van der Waals surface area contributed by atoms with Crippen molar-refractivity contribution >= 4 is 11.8 Å². The minimum atomic E-state index is -0.185. The van der Waals surface area contributed by atoms with Crippen molar-refractivity contribution < 1.29 is 14.3 Å². The smallest absolute Gasteiger partial charge is 0.262 e. The van der Waals surface area contributed by atoms with Crippen LogP contribution in [0.1, 0.15) is 41.4 Å². The molecule has 0 aromatic carbocycles. The summed E-state index contributed by atoms with van der Waals surface area (Å²) in [5.74, 6) is 0.643. The van der Waals surface area contributed by atoms with Crippen LogP contribution in [-0.2, 0) is 17.6 Å². The minimum absolute atomic E-state index is 0.141. The summed E-state index contributed by atoms with van der Waals surface area (Å²) in [6.45, 7) is 2.55. The molecule has 0 spiro atoms. The van der Waals surface area contributed by atoms with E-state index in [2.05, 4.69) is 4.98 Å². The zero-order chi connectivity index (χ0) is 14.3. The molecule has 1 saturated carbocycles. The number of nitrogens with zero attached hydrogens (tertiary/aromatic N) is 2. The predicted octanol–water partition coefficient (Wildman–Crippen LogP) is 1.59. The van der Waals surface area contributed by atoms with E-state index in [1.54, 1.807) is 13.2 Å². The summed E-state index contributed by atoms with van der Waals surface area (Å²) in [6.07, 6.45) is 3.15. The van der Waals surface area contributed by atoms with Gasteiger partial charge in [0, 0.05) is 12.6 Å². The molecule has 3 rings (SSSR count). The lowest BCUT2D eigenvalue weighted by Gasteiger charge is -2.28. The molecule has 2 heterocycles. The molecule has 2 amide bonds. The standard InChI is InChI=1S/C15H18N2O3/c1-3-10-6-12(20-2)16-11-7-13(18)17(8-9-4-5-9)15(19)14(10)11/h6,9H,3-5,7-8H2,1-2H3. The molecule has 0 saturated heterocycles. The summed E-state index contributed by atoms with van der Waals surface area (Å²) >= 11 is 0. The second-order valence-electron chi connectivity index (χ2n) is 5.43. The Morgan fingerprint density at radius 1 is 1.40 bits per heavy atom. The highest BCUT2D eigenvalue weighted by atomic mass is 16.5. The molecule has 0 radical (unpaired) electrons. The van der Waals surface area contributed by atoms with Gasteiger partial charge in [-0.2, -0.15) is 0 Å². The molecule has 0 N–H and O–H groups in total. The number of carbonyl (C=O) groups excluding carboxylic acids is 2. The van der Waals surface area contributed by atoms with Crippen LogP contribution in [0.2, 0.25) is 0 Å². The maximum Gasteiger partial charge on any atom is 0.262 e. The summed E-state index contributed by atoms with van der Waals surface area (Å²) < 4.78 is 5.15. The van der Waals surface area contributed by atoms with E-state index in [0.29, 0.717) is 29.6 Å². The van der Waals surface area contributed by atoms with Gasteiger partial charge in [0.2, 0.25) is 11.8 Å². The average Bonchev–Trinajstić information content (AvgIpc) is 3.25. The van der Waals surface area contributed by atoms with E-state index in [-0.39, 0.29) is 18.2 Å². The van der Waals surface area contributed by atoms with Crippen LogP contribution >= 0.6 is 0 Å². The zero-order valence-corrected chi connectivity index (χ0v) is 11.8. The highest BCUT2D eigenvalue weighted by Crippen LogP contribution is 2.33. The molecule has 5 nitrogen and oxygen atoms in total. The average molecular weight is 274 g/mol. The Morgan fingerprint density at radius 3 is 2.75 bits per heavy atom. The van der Waals surface area contributed by atoms with Gasteiger partial charge in [-0.15, -0.1) is 0 Å². The molecule has 0 unspecified atom stereocenters. The molecule has 1 aliphatic carbocycles. The molecule has 1 fully saturated rings. The third-order valence-corrected chi connectivity index (χ3v) is 3.96.